The number of phenolic OH excluding ortho intramolecular Hbond substituents is 1. The SMILES string of the molecule is Cc1ccc(/C=C2\C(=O)Nc3cc(F)c(-c4cccc(-c5ccccc5O)c4)cc32)cc1CC(=O)O. The van der Waals surface area contributed by atoms with Crippen molar-refractivity contribution < 1.29 is 24.2 Å². The number of phenols is 1. The second-order valence-electron chi connectivity index (χ2n) is 8.74. The van der Waals surface area contributed by atoms with E-state index in [1.807, 2.05) is 31.2 Å². The average Bonchev–Trinajstić information content (AvgIpc) is 3.14. The number of para-hydroxylation sites is 1. The molecule has 0 saturated heterocycles. The summed E-state index contributed by atoms with van der Waals surface area (Å²) in [7, 11) is 0. The zero-order valence-electron chi connectivity index (χ0n) is 19.4. The number of rotatable bonds is 5. The molecule has 178 valence electrons. The third kappa shape index (κ3) is 4.36. The van der Waals surface area contributed by atoms with Gasteiger partial charge < -0.3 is 15.5 Å². The van der Waals surface area contributed by atoms with Crippen LogP contribution in [0.3, 0.4) is 0 Å². The van der Waals surface area contributed by atoms with Crippen molar-refractivity contribution >= 4 is 29.2 Å². The van der Waals surface area contributed by atoms with Crippen LogP contribution in [0.25, 0.3) is 33.9 Å². The first-order valence-electron chi connectivity index (χ1n) is 11.4. The number of carboxylic acid groups (broad SMARTS) is 1. The Kier molecular flexibility index (Phi) is 5.86. The summed E-state index contributed by atoms with van der Waals surface area (Å²) in [5, 5.41) is 22.1. The van der Waals surface area contributed by atoms with E-state index in [1.165, 1.54) is 6.07 Å². The number of benzene rings is 4. The molecule has 0 aliphatic carbocycles. The number of carbonyl (C=O) groups is 2. The van der Waals surface area contributed by atoms with Crippen molar-refractivity contribution in [2.24, 2.45) is 0 Å². The molecular weight excluding hydrogens is 457 g/mol. The molecule has 5 nitrogen and oxygen atoms in total. The summed E-state index contributed by atoms with van der Waals surface area (Å²) in [6.07, 6.45) is 1.57. The van der Waals surface area contributed by atoms with Gasteiger partial charge in [-0.2, -0.15) is 0 Å². The van der Waals surface area contributed by atoms with E-state index < -0.39 is 11.8 Å². The molecule has 36 heavy (non-hydrogen) atoms. The Labute approximate surface area is 207 Å². The molecule has 0 aromatic heterocycles. The molecule has 3 N–H and O–H groups in total. The molecule has 1 aliphatic rings. The first kappa shape index (κ1) is 23.1. The molecule has 0 unspecified atom stereocenters. The molecule has 0 bridgehead atoms. The lowest BCUT2D eigenvalue weighted by atomic mass is 9.94. The van der Waals surface area contributed by atoms with Gasteiger partial charge in [-0.15, -0.1) is 0 Å². The number of nitrogens with one attached hydrogen (secondary N) is 1. The van der Waals surface area contributed by atoms with E-state index in [9.17, 15) is 19.8 Å². The number of carbonyl (C=O) groups excluding carboxylic acids is 1. The highest BCUT2D eigenvalue weighted by Gasteiger charge is 2.26. The Bertz CT molecular complexity index is 1570. The summed E-state index contributed by atoms with van der Waals surface area (Å²) in [4.78, 5) is 24.0. The van der Waals surface area contributed by atoms with Crippen LogP contribution in [-0.4, -0.2) is 22.1 Å². The highest BCUT2D eigenvalue weighted by Crippen LogP contribution is 2.39. The topological polar surface area (TPSA) is 86.6 Å². The largest absolute Gasteiger partial charge is 0.507 e. The van der Waals surface area contributed by atoms with Gasteiger partial charge in [-0.05, 0) is 65.1 Å². The van der Waals surface area contributed by atoms with Gasteiger partial charge >= 0.3 is 5.97 Å². The molecule has 0 atom stereocenters. The van der Waals surface area contributed by atoms with Crippen LogP contribution in [0.4, 0.5) is 10.1 Å². The van der Waals surface area contributed by atoms with Crippen LogP contribution >= 0.6 is 0 Å². The average molecular weight is 480 g/mol. The fourth-order valence-electron chi connectivity index (χ4n) is 4.45. The number of halogens is 1. The van der Waals surface area contributed by atoms with Crippen LogP contribution in [-0.2, 0) is 16.0 Å². The van der Waals surface area contributed by atoms with Gasteiger partial charge in [0, 0.05) is 22.3 Å². The second-order valence-corrected chi connectivity index (χ2v) is 8.74. The van der Waals surface area contributed by atoms with Crippen LogP contribution in [0.2, 0.25) is 0 Å². The predicted octanol–water partition coefficient (Wildman–Crippen LogP) is 6.29. The summed E-state index contributed by atoms with van der Waals surface area (Å²) in [5.74, 6) is -1.64. The zero-order valence-corrected chi connectivity index (χ0v) is 19.4. The number of anilines is 1. The van der Waals surface area contributed by atoms with E-state index in [-0.39, 0.29) is 18.1 Å². The maximum Gasteiger partial charge on any atom is 0.307 e. The summed E-state index contributed by atoms with van der Waals surface area (Å²) >= 11 is 0. The molecule has 4 aromatic carbocycles. The number of hydrogen-bond donors (Lipinski definition) is 3. The third-order valence-electron chi connectivity index (χ3n) is 6.30. The van der Waals surface area contributed by atoms with Crippen LogP contribution < -0.4 is 5.32 Å². The molecule has 0 saturated carbocycles. The van der Waals surface area contributed by atoms with Gasteiger partial charge in [-0.3, -0.25) is 9.59 Å². The number of carboxylic acids is 1. The number of aliphatic carboxylic acids is 1. The van der Waals surface area contributed by atoms with Gasteiger partial charge in [0.15, 0.2) is 0 Å². The van der Waals surface area contributed by atoms with Crippen molar-refractivity contribution in [3.63, 3.8) is 0 Å². The number of hydrogen-bond acceptors (Lipinski definition) is 3. The highest BCUT2D eigenvalue weighted by molar-refractivity contribution is 6.35. The fraction of sp³-hybridized carbons (Fsp3) is 0.0667. The predicted molar refractivity (Wildman–Crippen MR) is 138 cm³/mol. The Morgan fingerprint density at radius 1 is 0.917 bits per heavy atom. The Balaban J connectivity index is 1.58. The number of aromatic hydroxyl groups is 1. The summed E-state index contributed by atoms with van der Waals surface area (Å²) in [5.41, 5.74) is 5.80. The third-order valence-corrected chi connectivity index (χ3v) is 6.30. The van der Waals surface area contributed by atoms with E-state index >= 15 is 4.39 Å². The van der Waals surface area contributed by atoms with Crippen molar-refractivity contribution in [1.82, 2.24) is 0 Å². The molecule has 1 amide bonds. The van der Waals surface area contributed by atoms with Crippen LogP contribution in [0, 0.1) is 12.7 Å². The molecule has 1 aliphatic heterocycles. The molecular formula is C30H22FNO4. The first-order chi connectivity index (χ1) is 17.3. The van der Waals surface area contributed by atoms with Crippen LogP contribution in [0.15, 0.2) is 78.9 Å². The van der Waals surface area contributed by atoms with Crippen molar-refractivity contribution in [1.29, 1.82) is 0 Å². The van der Waals surface area contributed by atoms with Gasteiger partial charge in [0.05, 0.1) is 12.1 Å². The number of fused-ring (bicyclic) bond motifs is 1. The maximum absolute atomic E-state index is 15.2. The lowest BCUT2D eigenvalue weighted by Gasteiger charge is -2.10. The van der Waals surface area contributed by atoms with E-state index in [2.05, 4.69) is 5.32 Å². The number of aryl methyl sites for hydroxylation is 1. The van der Waals surface area contributed by atoms with Crippen molar-refractivity contribution in [2.75, 3.05) is 5.32 Å². The molecule has 1 heterocycles. The molecule has 5 rings (SSSR count). The van der Waals surface area contributed by atoms with Gasteiger partial charge in [0.1, 0.15) is 11.6 Å². The fourth-order valence-corrected chi connectivity index (χ4v) is 4.45. The monoisotopic (exact) mass is 479 g/mol. The highest BCUT2D eigenvalue weighted by atomic mass is 19.1. The maximum atomic E-state index is 15.2. The van der Waals surface area contributed by atoms with E-state index in [0.29, 0.717) is 44.6 Å². The Hall–Kier alpha value is -4.71. The van der Waals surface area contributed by atoms with Crippen molar-refractivity contribution in [2.45, 2.75) is 13.3 Å². The summed E-state index contributed by atoms with van der Waals surface area (Å²) in [6.45, 7) is 1.84. The molecule has 0 fully saturated rings. The quantitative estimate of drug-likeness (QED) is 0.294. The Morgan fingerprint density at radius 2 is 1.67 bits per heavy atom. The van der Waals surface area contributed by atoms with Crippen molar-refractivity contribution in [3.8, 4) is 28.0 Å². The summed E-state index contributed by atoms with van der Waals surface area (Å²) in [6, 6.07) is 22.5. The van der Waals surface area contributed by atoms with Gasteiger partial charge in [0.2, 0.25) is 0 Å². The normalized spacial score (nSPS) is 13.5. The standard InChI is InChI=1S/C30H22FNO4/c1-17-9-10-18(11-21(17)14-29(34)35)12-25-24-15-23(26(31)16-27(24)32-30(25)36)20-6-4-5-19(13-20)22-7-2-3-8-28(22)33/h2-13,15-16,33H,14H2,1H3,(H,32,36)(H,34,35)/b25-12-. The molecule has 0 spiro atoms. The molecule has 6 heteroatoms. The molecule has 0 radical (unpaired) electrons. The molecule has 4 aromatic rings. The van der Waals surface area contributed by atoms with Crippen molar-refractivity contribution in [3.05, 3.63) is 107 Å². The van der Waals surface area contributed by atoms with Crippen LogP contribution in [0.1, 0.15) is 22.3 Å². The smallest absolute Gasteiger partial charge is 0.307 e. The van der Waals surface area contributed by atoms with Crippen LogP contribution in [0.5, 0.6) is 5.75 Å². The first-order valence-corrected chi connectivity index (χ1v) is 11.4. The lowest BCUT2D eigenvalue weighted by Crippen LogP contribution is -2.04. The number of amides is 1. The lowest BCUT2D eigenvalue weighted by molar-refractivity contribution is -0.136. The van der Waals surface area contributed by atoms with E-state index in [4.69, 9.17) is 0 Å². The minimum Gasteiger partial charge on any atom is -0.507 e. The second kappa shape index (κ2) is 9.15. The van der Waals surface area contributed by atoms with Gasteiger partial charge in [-0.1, -0.05) is 54.6 Å². The Morgan fingerprint density at radius 3 is 2.42 bits per heavy atom. The van der Waals surface area contributed by atoms with E-state index in [1.54, 1.807) is 54.6 Å². The minimum absolute atomic E-state index is 0.117. The van der Waals surface area contributed by atoms with E-state index in [0.717, 1.165) is 11.1 Å². The zero-order chi connectivity index (χ0) is 25.4. The minimum atomic E-state index is -0.932. The summed E-state index contributed by atoms with van der Waals surface area (Å²) < 4.78 is 15.2. The van der Waals surface area contributed by atoms with Gasteiger partial charge in [-0.25, -0.2) is 4.39 Å². The van der Waals surface area contributed by atoms with Gasteiger partial charge in [0.25, 0.3) is 5.91 Å².